The van der Waals surface area contributed by atoms with E-state index < -0.39 is 23.0 Å². The predicted octanol–water partition coefficient (Wildman–Crippen LogP) is 0.860. The van der Waals surface area contributed by atoms with Crippen molar-refractivity contribution in [3.8, 4) is 0 Å². The SMILES string of the molecule is Cc1cc([N+](=O)[O-])ccc1NC(=O)N[C@H](CCO)C(=O)O. The normalized spacial score (nSPS) is 11.5. The standard InChI is InChI=1S/C12H15N3O6/c1-7-6-8(15(20)21)2-3-9(7)13-12(19)14-10(4-5-16)11(17)18/h2-3,6,10,16H,4-5H2,1H3,(H,17,18)(H2,13,14,19)/t10-/m1/s1. The van der Waals surface area contributed by atoms with Crippen LogP contribution in [0.3, 0.4) is 0 Å². The fourth-order valence-electron chi connectivity index (χ4n) is 1.60. The zero-order chi connectivity index (χ0) is 16.0. The largest absolute Gasteiger partial charge is 0.480 e. The fraction of sp³-hybridized carbons (Fsp3) is 0.333. The van der Waals surface area contributed by atoms with E-state index >= 15 is 0 Å². The second kappa shape index (κ2) is 7.20. The van der Waals surface area contributed by atoms with Crippen molar-refractivity contribution in [1.82, 2.24) is 5.32 Å². The van der Waals surface area contributed by atoms with Gasteiger partial charge in [0.2, 0.25) is 0 Å². The number of aryl methyl sites for hydroxylation is 1. The molecule has 114 valence electrons. The number of nitro groups is 1. The van der Waals surface area contributed by atoms with Gasteiger partial charge in [-0.1, -0.05) is 0 Å². The van der Waals surface area contributed by atoms with Crippen molar-refractivity contribution in [2.24, 2.45) is 0 Å². The van der Waals surface area contributed by atoms with Gasteiger partial charge < -0.3 is 20.8 Å². The zero-order valence-corrected chi connectivity index (χ0v) is 11.2. The third kappa shape index (κ3) is 4.73. The van der Waals surface area contributed by atoms with Gasteiger partial charge in [-0.05, 0) is 18.6 Å². The molecular formula is C12H15N3O6. The number of carboxylic acids is 1. The molecule has 0 aliphatic rings. The molecule has 2 amide bonds. The number of nitrogens with zero attached hydrogens (tertiary/aromatic N) is 1. The Kier molecular flexibility index (Phi) is 5.61. The Labute approximate surface area is 119 Å². The van der Waals surface area contributed by atoms with Crippen LogP contribution in [0.25, 0.3) is 0 Å². The molecule has 9 heteroatoms. The lowest BCUT2D eigenvalue weighted by Gasteiger charge is -2.14. The lowest BCUT2D eigenvalue weighted by Crippen LogP contribution is -2.43. The third-order valence-electron chi connectivity index (χ3n) is 2.69. The van der Waals surface area contributed by atoms with E-state index in [9.17, 15) is 19.7 Å². The fourth-order valence-corrected chi connectivity index (χ4v) is 1.60. The van der Waals surface area contributed by atoms with Crippen LogP contribution >= 0.6 is 0 Å². The lowest BCUT2D eigenvalue weighted by atomic mass is 10.2. The van der Waals surface area contributed by atoms with Crippen LogP contribution < -0.4 is 10.6 Å². The molecule has 21 heavy (non-hydrogen) atoms. The number of carboxylic acid groups (broad SMARTS) is 1. The summed E-state index contributed by atoms with van der Waals surface area (Å²) in [5.41, 5.74) is 0.682. The number of nitro benzene ring substituents is 1. The van der Waals surface area contributed by atoms with Crippen molar-refractivity contribution in [3.05, 3.63) is 33.9 Å². The van der Waals surface area contributed by atoms with Crippen LogP contribution in [-0.2, 0) is 4.79 Å². The highest BCUT2D eigenvalue weighted by atomic mass is 16.6. The summed E-state index contributed by atoms with van der Waals surface area (Å²) >= 11 is 0. The molecule has 1 aromatic rings. The van der Waals surface area contributed by atoms with E-state index in [1.807, 2.05) is 0 Å². The van der Waals surface area contributed by atoms with Crippen LogP contribution in [0.4, 0.5) is 16.2 Å². The Morgan fingerprint density at radius 3 is 2.57 bits per heavy atom. The number of non-ortho nitro benzene ring substituents is 1. The van der Waals surface area contributed by atoms with Gasteiger partial charge in [-0.2, -0.15) is 0 Å². The summed E-state index contributed by atoms with van der Waals surface area (Å²) in [6, 6.07) is 1.89. The maximum absolute atomic E-state index is 11.7. The van der Waals surface area contributed by atoms with E-state index in [-0.39, 0.29) is 18.7 Å². The van der Waals surface area contributed by atoms with E-state index in [0.29, 0.717) is 11.3 Å². The van der Waals surface area contributed by atoms with E-state index in [1.54, 1.807) is 6.92 Å². The molecule has 1 aromatic carbocycles. The lowest BCUT2D eigenvalue weighted by molar-refractivity contribution is -0.384. The Balaban J connectivity index is 2.74. The highest BCUT2D eigenvalue weighted by Crippen LogP contribution is 2.21. The summed E-state index contributed by atoms with van der Waals surface area (Å²) in [6.07, 6.45) is -0.123. The van der Waals surface area contributed by atoms with Gasteiger partial charge >= 0.3 is 12.0 Å². The number of aliphatic hydroxyl groups is 1. The van der Waals surface area contributed by atoms with Crippen molar-refractivity contribution in [2.75, 3.05) is 11.9 Å². The van der Waals surface area contributed by atoms with Crippen molar-refractivity contribution < 1.29 is 24.7 Å². The van der Waals surface area contributed by atoms with Crippen LogP contribution in [-0.4, -0.2) is 39.8 Å². The molecule has 0 aliphatic carbocycles. The number of carbonyl (C=O) groups excluding carboxylic acids is 1. The molecule has 4 N–H and O–H groups in total. The van der Waals surface area contributed by atoms with Gasteiger partial charge in [-0.3, -0.25) is 10.1 Å². The minimum Gasteiger partial charge on any atom is -0.480 e. The summed E-state index contributed by atoms with van der Waals surface area (Å²) < 4.78 is 0. The van der Waals surface area contributed by atoms with Crippen molar-refractivity contribution in [3.63, 3.8) is 0 Å². The first-order valence-corrected chi connectivity index (χ1v) is 6.01. The highest BCUT2D eigenvalue weighted by molar-refractivity contribution is 5.93. The Morgan fingerprint density at radius 2 is 2.10 bits per heavy atom. The van der Waals surface area contributed by atoms with Crippen molar-refractivity contribution in [1.29, 1.82) is 0 Å². The number of carbonyl (C=O) groups is 2. The smallest absolute Gasteiger partial charge is 0.326 e. The van der Waals surface area contributed by atoms with E-state index in [2.05, 4.69) is 10.6 Å². The number of amides is 2. The molecule has 0 heterocycles. The second-order valence-corrected chi connectivity index (χ2v) is 4.26. The van der Waals surface area contributed by atoms with Crippen LogP contribution in [0, 0.1) is 17.0 Å². The Hall–Kier alpha value is -2.68. The molecule has 0 saturated carbocycles. The van der Waals surface area contributed by atoms with Gasteiger partial charge in [-0.15, -0.1) is 0 Å². The van der Waals surface area contributed by atoms with Crippen LogP contribution in [0.5, 0.6) is 0 Å². The van der Waals surface area contributed by atoms with Gasteiger partial charge in [0.1, 0.15) is 6.04 Å². The molecule has 0 aromatic heterocycles. The molecule has 9 nitrogen and oxygen atoms in total. The molecule has 1 rings (SSSR count). The highest BCUT2D eigenvalue weighted by Gasteiger charge is 2.19. The second-order valence-electron chi connectivity index (χ2n) is 4.26. The number of hydrogen-bond donors (Lipinski definition) is 4. The molecule has 1 atom stereocenters. The average molecular weight is 297 g/mol. The van der Waals surface area contributed by atoms with Crippen LogP contribution in [0.1, 0.15) is 12.0 Å². The zero-order valence-electron chi connectivity index (χ0n) is 11.2. The first-order chi connectivity index (χ1) is 9.85. The molecule has 0 fully saturated rings. The number of anilines is 1. The first-order valence-electron chi connectivity index (χ1n) is 6.01. The molecule has 0 aliphatic heterocycles. The molecule has 0 bridgehead atoms. The van der Waals surface area contributed by atoms with E-state index in [0.717, 1.165) is 0 Å². The number of benzene rings is 1. The summed E-state index contributed by atoms with van der Waals surface area (Å²) in [5, 5.41) is 32.7. The van der Waals surface area contributed by atoms with Gasteiger partial charge in [0.25, 0.3) is 5.69 Å². The number of aliphatic hydroxyl groups excluding tert-OH is 1. The minimum absolute atomic E-state index is 0.109. The number of aliphatic carboxylic acids is 1. The van der Waals surface area contributed by atoms with Crippen LogP contribution in [0.15, 0.2) is 18.2 Å². The Bertz CT molecular complexity index is 560. The molecule has 0 spiro atoms. The Morgan fingerprint density at radius 1 is 1.43 bits per heavy atom. The number of urea groups is 1. The maximum Gasteiger partial charge on any atom is 0.326 e. The van der Waals surface area contributed by atoms with Gasteiger partial charge in [-0.25, -0.2) is 9.59 Å². The van der Waals surface area contributed by atoms with Crippen molar-refractivity contribution >= 4 is 23.4 Å². The van der Waals surface area contributed by atoms with Gasteiger partial charge in [0.05, 0.1) is 4.92 Å². The topological polar surface area (TPSA) is 142 Å². The number of nitrogens with one attached hydrogen (secondary N) is 2. The molecule has 0 saturated heterocycles. The maximum atomic E-state index is 11.7. The first kappa shape index (κ1) is 16.4. The van der Waals surface area contributed by atoms with Crippen molar-refractivity contribution in [2.45, 2.75) is 19.4 Å². The third-order valence-corrected chi connectivity index (χ3v) is 2.69. The van der Waals surface area contributed by atoms with E-state index in [4.69, 9.17) is 10.2 Å². The summed E-state index contributed by atoms with van der Waals surface area (Å²) in [6.45, 7) is 1.19. The monoisotopic (exact) mass is 297 g/mol. The summed E-state index contributed by atoms with van der Waals surface area (Å²) in [4.78, 5) is 32.5. The van der Waals surface area contributed by atoms with Gasteiger partial charge in [0.15, 0.2) is 0 Å². The van der Waals surface area contributed by atoms with Crippen LogP contribution in [0.2, 0.25) is 0 Å². The summed E-state index contributed by atoms with van der Waals surface area (Å²) in [5.74, 6) is -1.26. The number of hydrogen-bond acceptors (Lipinski definition) is 5. The number of rotatable bonds is 6. The van der Waals surface area contributed by atoms with Gasteiger partial charge in [0, 0.05) is 30.8 Å². The average Bonchev–Trinajstić information content (AvgIpc) is 2.40. The quantitative estimate of drug-likeness (QED) is 0.453. The minimum atomic E-state index is -1.26. The summed E-state index contributed by atoms with van der Waals surface area (Å²) in [7, 11) is 0. The van der Waals surface area contributed by atoms with E-state index in [1.165, 1.54) is 18.2 Å². The molecule has 0 unspecified atom stereocenters. The molecular weight excluding hydrogens is 282 g/mol. The molecule has 0 radical (unpaired) electrons. The predicted molar refractivity (Wildman–Crippen MR) is 73.1 cm³/mol.